The van der Waals surface area contributed by atoms with Gasteiger partial charge in [0.1, 0.15) is 5.69 Å². The van der Waals surface area contributed by atoms with Crippen LogP contribution in [-0.2, 0) is 9.53 Å². The molecule has 3 aromatic rings. The minimum atomic E-state index is -1.27. The van der Waals surface area contributed by atoms with Gasteiger partial charge in [-0.3, -0.25) is 20.0 Å². The fourth-order valence-corrected chi connectivity index (χ4v) is 2.58. The summed E-state index contributed by atoms with van der Waals surface area (Å²) < 4.78 is 5.34. The van der Waals surface area contributed by atoms with Crippen molar-refractivity contribution in [1.82, 2.24) is 10.2 Å². The van der Waals surface area contributed by atoms with Gasteiger partial charge in [0.05, 0.1) is 15.6 Å². The molecule has 1 heterocycles. The van der Waals surface area contributed by atoms with Gasteiger partial charge in [-0.15, -0.1) is 0 Å². The topological polar surface area (TPSA) is 127 Å². The summed E-state index contributed by atoms with van der Waals surface area (Å²) in [6.07, 6.45) is 0.105. The van der Waals surface area contributed by atoms with Gasteiger partial charge in [-0.1, -0.05) is 41.9 Å². The number of nitrogens with zero attached hydrogens (tertiary/aromatic N) is 2. The average molecular weight is 401 g/mol. The monoisotopic (exact) mass is 400 g/mol. The normalized spacial score (nSPS) is 11.5. The molecular weight excluding hydrogens is 388 g/mol. The molecular formula is C18H13ClN4O5. The first kappa shape index (κ1) is 19.1. The van der Waals surface area contributed by atoms with Crippen LogP contribution in [0, 0.1) is 10.1 Å². The largest absolute Gasteiger partial charge is 0.443 e. The highest BCUT2D eigenvalue weighted by molar-refractivity contribution is 6.34. The van der Waals surface area contributed by atoms with Crippen molar-refractivity contribution in [1.29, 1.82) is 0 Å². The molecule has 0 aliphatic rings. The minimum Gasteiger partial charge on any atom is -0.443 e. The number of carbonyl (C=O) groups excluding carboxylic acids is 2. The quantitative estimate of drug-likeness (QED) is 0.370. The maximum absolute atomic E-state index is 12.8. The number of nitro groups is 1. The van der Waals surface area contributed by atoms with Crippen LogP contribution < -0.4 is 5.32 Å². The van der Waals surface area contributed by atoms with Crippen molar-refractivity contribution in [3.63, 3.8) is 0 Å². The molecule has 2 aromatic carbocycles. The summed E-state index contributed by atoms with van der Waals surface area (Å²) in [7, 11) is 0. The molecule has 0 fully saturated rings. The molecule has 1 amide bonds. The third-order valence-corrected chi connectivity index (χ3v) is 4.02. The molecule has 0 saturated heterocycles. The van der Waals surface area contributed by atoms with Crippen molar-refractivity contribution in [2.24, 2.45) is 0 Å². The van der Waals surface area contributed by atoms with E-state index in [1.165, 1.54) is 24.4 Å². The summed E-state index contributed by atoms with van der Waals surface area (Å²) in [5.74, 6) is -1.44. The number of hydrogen-bond donors (Lipinski definition) is 2. The molecule has 1 aromatic heterocycles. The lowest BCUT2D eigenvalue weighted by Gasteiger charge is -2.18. The highest BCUT2D eigenvalue weighted by Gasteiger charge is 2.27. The van der Waals surface area contributed by atoms with Crippen LogP contribution in [0.2, 0.25) is 5.02 Å². The van der Waals surface area contributed by atoms with Crippen molar-refractivity contribution in [2.75, 3.05) is 5.32 Å². The number of anilines is 1. The van der Waals surface area contributed by atoms with Crippen LogP contribution in [0.1, 0.15) is 22.2 Å². The fourth-order valence-electron chi connectivity index (χ4n) is 2.36. The Kier molecular flexibility index (Phi) is 5.66. The lowest BCUT2D eigenvalue weighted by atomic mass is 10.1. The van der Waals surface area contributed by atoms with Gasteiger partial charge in [0.25, 0.3) is 11.6 Å². The molecule has 3 rings (SSSR count). The zero-order valence-electron chi connectivity index (χ0n) is 14.2. The molecule has 0 bridgehead atoms. The van der Waals surface area contributed by atoms with Gasteiger partial charge in [-0.25, -0.2) is 4.79 Å². The molecule has 142 valence electrons. The van der Waals surface area contributed by atoms with Crippen LogP contribution in [0.4, 0.5) is 11.4 Å². The summed E-state index contributed by atoms with van der Waals surface area (Å²) in [6, 6.07) is 13.4. The second-order valence-corrected chi connectivity index (χ2v) is 5.98. The summed E-state index contributed by atoms with van der Waals surface area (Å²) in [5.41, 5.74) is 0.456. The highest BCUT2D eigenvalue weighted by atomic mass is 35.5. The van der Waals surface area contributed by atoms with Crippen LogP contribution in [0.5, 0.6) is 0 Å². The maximum atomic E-state index is 12.8. The van der Waals surface area contributed by atoms with Gasteiger partial charge < -0.3 is 10.1 Å². The van der Waals surface area contributed by atoms with Crippen LogP contribution in [-0.4, -0.2) is 27.0 Å². The number of H-pyrrole nitrogens is 1. The van der Waals surface area contributed by atoms with E-state index in [0.29, 0.717) is 5.56 Å². The molecule has 28 heavy (non-hydrogen) atoms. The number of nitrogens with one attached hydrogen (secondary N) is 2. The second-order valence-electron chi connectivity index (χ2n) is 5.58. The van der Waals surface area contributed by atoms with Crippen LogP contribution in [0.15, 0.2) is 60.8 Å². The lowest BCUT2D eigenvalue weighted by Crippen LogP contribution is -2.26. The van der Waals surface area contributed by atoms with E-state index in [9.17, 15) is 19.7 Å². The first-order valence-electron chi connectivity index (χ1n) is 7.96. The second kappa shape index (κ2) is 8.31. The summed E-state index contributed by atoms with van der Waals surface area (Å²) in [6.45, 7) is 0. The van der Waals surface area contributed by atoms with Gasteiger partial charge in [0, 0.05) is 23.9 Å². The number of aromatic nitrogens is 2. The van der Waals surface area contributed by atoms with Crippen molar-refractivity contribution in [3.05, 3.63) is 87.2 Å². The zero-order chi connectivity index (χ0) is 20.1. The smallest absolute Gasteiger partial charge is 0.357 e. The van der Waals surface area contributed by atoms with E-state index in [-0.39, 0.29) is 22.1 Å². The Balaban J connectivity index is 1.84. The van der Waals surface area contributed by atoms with Gasteiger partial charge in [-0.2, -0.15) is 5.10 Å². The molecule has 0 radical (unpaired) electrons. The van der Waals surface area contributed by atoms with E-state index >= 15 is 0 Å². The fraction of sp³-hybridized carbons (Fsp3) is 0.0556. The van der Waals surface area contributed by atoms with Crippen LogP contribution in [0.3, 0.4) is 0 Å². The van der Waals surface area contributed by atoms with Crippen molar-refractivity contribution in [2.45, 2.75) is 6.10 Å². The number of benzene rings is 2. The Morgan fingerprint density at radius 3 is 2.54 bits per heavy atom. The van der Waals surface area contributed by atoms with Crippen LogP contribution >= 0.6 is 11.6 Å². The number of ether oxygens (including phenoxy) is 1. The van der Waals surface area contributed by atoms with E-state index < -0.39 is 22.9 Å². The van der Waals surface area contributed by atoms with E-state index in [2.05, 4.69) is 15.5 Å². The minimum absolute atomic E-state index is 0.0192. The molecule has 9 nitrogen and oxygen atoms in total. The first-order chi connectivity index (χ1) is 13.5. The predicted molar refractivity (Wildman–Crippen MR) is 99.9 cm³/mol. The SMILES string of the molecule is O=C(O[C@@H](C(=O)Nc1ccc([N+](=O)[O-])cc1Cl)c1ccccc1)c1ccn[nH]1. The molecule has 0 aliphatic carbocycles. The van der Waals surface area contributed by atoms with E-state index in [4.69, 9.17) is 16.3 Å². The van der Waals surface area contributed by atoms with E-state index in [1.807, 2.05) is 0 Å². The maximum Gasteiger partial charge on any atom is 0.357 e. The summed E-state index contributed by atoms with van der Waals surface area (Å²) >= 11 is 6.02. The summed E-state index contributed by atoms with van der Waals surface area (Å²) in [4.78, 5) is 35.2. The summed E-state index contributed by atoms with van der Waals surface area (Å²) in [5, 5.41) is 19.5. The third kappa shape index (κ3) is 4.33. The first-order valence-corrected chi connectivity index (χ1v) is 8.33. The Hall–Kier alpha value is -3.72. The molecule has 0 unspecified atom stereocenters. The van der Waals surface area contributed by atoms with E-state index in [1.54, 1.807) is 30.3 Å². The number of halogens is 1. The number of carbonyl (C=O) groups is 2. The molecule has 1 atom stereocenters. The van der Waals surface area contributed by atoms with Crippen molar-refractivity contribution in [3.8, 4) is 0 Å². The highest BCUT2D eigenvalue weighted by Crippen LogP contribution is 2.28. The van der Waals surface area contributed by atoms with Crippen molar-refractivity contribution >= 4 is 34.9 Å². The van der Waals surface area contributed by atoms with Crippen molar-refractivity contribution < 1.29 is 19.2 Å². The van der Waals surface area contributed by atoms with Gasteiger partial charge in [-0.05, 0) is 12.1 Å². The number of rotatable bonds is 6. The molecule has 0 saturated carbocycles. The van der Waals surface area contributed by atoms with E-state index in [0.717, 1.165) is 6.07 Å². The van der Waals surface area contributed by atoms with Gasteiger partial charge in [0.2, 0.25) is 6.10 Å². The number of amides is 1. The average Bonchev–Trinajstić information content (AvgIpc) is 3.23. The zero-order valence-corrected chi connectivity index (χ0v) is 14.9. The molecule has 2 N–H and O–H groups in total. The Labute approximate surface area is 163 Å². The Morgan fingerprint density at radius 1 is 1.18 bits per heavy atom. The Morgan fingerprint density at radius 2 is 1.93 bits per heavy atom. The molecule has 10 heteroatoms. The number of nitro benzene ring substituents is 1. The lowest BCUT2D eigenvalue weighted by molar-refractivity contribution is -0.384. The number of hydrogen-bond acceptors (Lipinski definition) is 6. The Bertz CT molecular complexity index is 1010. The molecule has 0 spiro atoms. The standard InChI is InChI=1S/C18H13ClN4O5/c19-13-10-12(23(26)27)6-7-14(13)21-17(24)16(11-4-2-1-3-5-11)28-18(25)15-8-9-20-22-15/h1-10,16H,(H,20,22)(H,21,24)/t16-/m1/s1. The number of aromatic amines is 1. The number of esters is 1. The predicted octanol–water partition coefficient (Wildman–Crippen LogP) is 3.51. The van der Waals surface area contributed by atoms with Gasteiger partial charge >= 0.3 is 5.97 Å². The van der Waals surface area contributed by atoms with Crippen LogP contribution in [0.25, 0.3) is 0 Å². The van der Waals surface area contributed by atoms with Gasteiger partial charge in [0.15, 0.2) is 0 Å². The third-order valence-electron chi connectivity index (χ3n) is 3.71. The number of non-ortho nitro benzene ring substituents is 1. The molecule has 0 aliphatic heterocycles.